The van der Waals surface area contributed by atoms with Crippen molar-refractivity contribution in [3.63, 3.8) is 0 Å². The molecule has 1 heteroatoms. The lowest BCUT2D eigenvalue weighted by molar-refractivity contribution is 1.01. The van der Waals surface area contributed by atoms with Crippen LogP contribution in [0.25, 0.3) is 77.2 Å². The molecule has 300 valence electrons. The second kappa shape index (κ2) is 15.9. The van der Waals surface area contributed by atoms with Crippen LogP contribution < -0.4 is 4.90 Å². The summed E-state index contributed by atoms with van der Waals surface area (Å²) in [5.74, 6) is 0.185. The molecule has 0 radical (unpaired) electrons. The van der Waals surface area contributed by atoms with Gasteiger partial charge < -0.3 is 4.90 Å². The summed E-state index contributed by atoms with van der Waals surface area (Å²) in [6.07, 6.45) is 0. The molecule has 0 atom stereocenters. The zero-order valence-corrected chi connectivity index (χ0v) is 35.3. The van der Waals surface area contributed by atoms with E-state index in [9.17, 15) is 0 Å². The molecule has 0 heterocycles. The van der Waals surface area contributed by atoms with Gasteiger partial charge in [0, 0.05) is 23.0 Å². The monoisotopic (exact) mass is 813 g/mol. The van der Waals surface area contributed by atoms with Crippen LogP contribution in [0.4, 0.5) is 17.1 Å². The van der Waals surface area contributed by atoms with Crippen LogP contribution in [-0.2, 0) is 0 Å². The minimum atomic E-state index is 0.185. The minimum absolute atomic E-state index is 0.185. The Kier molecular flexibility index (Phi) is 9.31. The molecular formula is C63H43N. The van der Waals surface area contributed by atoms with Crippen molar-refractivity contribution >= 4 is 38.6 Å². The molecule has 0 aliphatic heterocycles. The Morgan fingerprint density at radius 2 is 0.625 bits per heavy atom. The fourth-order valence-corrected chi connectivity index (χ4v) is 10.4. The van der Waals surface area contributed by atoms with Gasteiger partial charge in [0.15, 0.2) is 0 Å². The van der Waals surface area contributed by atoms with Crippen LogP contribution in [-0.4, -0.2) is 0 Å². The molecule has 11 aromatic rings. The average molecular weight is 814 g/mol. The normalized spacial score (nSPS) is 12.0. The summed E-state index contributed by atoms with van der Waals surface area (Å²) >= 11 is 0. The number of anilines is 3. The summed E-state index contributed by atoms with van der Waals surface area (Å²) in [7, 11) is 0. The van der Waals surface area contributed by atoms with Crippen molar-refractivity contribution in [1.82, 2.24) is 0 Å². The Labute approximate surface area is 374 Å². The Morgan fingerprint density at radius 3 is 1.16 bits per heavy atom. The number of benzene rings is 11. The zero-order valence-electron chi connectivity index (χ0n) is 35.3. The highest BCUT2D eigenvalue weighted by Gasteiger charge is 2.30. The Morgan fingerprint density at radius 1 is 0.250 bits per heavy atom. The molecule has 0 amide bonds. The summed E-state index contributed by atoms with van der Waals surface area (Å²) < 4.78 is 0. The second-order valence-electron chi connectivity index (χ2n) is 16.7. The van der Waals surface area contributed by atoms with E-state index < -0.39 is 0 Å². The van der Waals surface area contributed by atoms with Gasteiger partial charge in [-0.3, -0.25) is 0 Å². The fourth-order valence-electron chi connectivity index (χ4n) is 10.4. The molecule has 0 saturated heterocycles. The molecule has 0 saturated carbocycles. The lowest BCUT2D eigenvalue weighted by atomic mass is 9.82. The molecule has 11 aromatic carbocycles. The number of hydrogen-bond donors (Lipinski definition) is 0. The fraction of sp³-hybridized carbons (Fsp3) is 0.0159. The van der Waals surface area contributed by atoms with Gasteiger partial charge in [0.1, 0.15) is 0 Å². The van der Waals surface area contributed by atoms with E-state index in [-0.39, 0.29) is 5.92 Å². The van der Waals surface area contributed by atoms with Crippen molar-refractivity contribution in [2.45, 2.75) is 5.92 Å². The van der Waals surface area contributed by atoms with Crippen LogP contribution in [0.3, 0.4) is 0 Å². The molecule has 12 rings (SSSR count). The molecule has 1 aliphatic rings. The van der Waals surface area contributed by atoms with Gasteiger partial charge >= 0.3 is 0 Å². The van der Waals surface area contributed by atoms with Crippen LogP contribution in [0, 0.1) is 0 Å². The minimum Gasteiger partial charge on any atom is -0.310 e. The van der Waals surface area contributed by atoms with E-state index >= 15 is 0 Å². The largest absolute Gasteiger partial charge is 0.310 e. The van der Waals surface area contributed by atoms with Crippen molar-refractivity contribution in [2.24, 2.45) is 0 Å². The third kappa shape index (κ3) is 6.32. The van der Waals surface area contributed by atoms with Crippen molar-refractivity contribution in [2.75, 3.05) is 4.90 Å². The molecule has 1 aliphatic carbocycles. The van der Waals surface area contributed by atoms with Gasteiger partial charge in [-0.25, -0.2) is 0 Å². The van der Waals surface area contributed by atoms with Crippen molar-refractivity contribution < 1.29 is 0 Å². The van der Waals surface area contributed by atoms with E-state index in [0.717, 1.165) is 17.1 Å². The number of nitrogens with zero attached hydrogens (tertiary/aromatic N) is 1. The van der Waals surface area contributed by atoms with Crippen LogP contribution >= 0.6 is 0 Å². The first-order valence-electron chi connectivity index (χ1n) is 22.2. The van der Waals surface area contributed by atoms with Gasteiger partial charge in [-0.2, -0.15) is 0 Å². The van der Waals surface area contributed by atoms with Crippen molar-refractivity contribution in [1.29, 1.82) is 0 Å². The van der Waals surface area contributed by atoms with Gasteiger partial charge in [0.2, 0.25) is 0 Å². The van der Waals surface area contributed by atoms with Gasteiger partial charge in [0.05, 0.1) is 0 Å². The highest BCUT2D eigenvalue weighted by Crippen LogP contribution is 2.51. The lowest BCUT2D eigenvalue weighted by Gasteiger charge is -2.28. The van der Waals surface area contributed by atoms with Crippen molar-refractivity contribution in [3.8, 4) is 55.6 Å². The predicted molar refractivity (Wildman–Crippen MR) is 271 cm³/mol. The maximum atomic E-state index is 2.44. The van der Waals surface area contributed by atoms with E-state index in [1.165, 1.54) is 93.9 Å². The zero-order chi connectivity index (χ0) is 42.4. The second-order valence-corrected chi connectivity index (χ2v) is 16.7. The molecule has 0 aromatic heterocycles. The lowest BCUT2D eigenvalue weighted by Crippen LogP contribution is -2.10. The molecule has 0 fully saturated rings. The highest BCUT2D eigenvalue weighted by molar-refractivity contribution is 6.24. The van der Waals surface area contributed by atoms with Crippen LogP contribution in [0.5, 0.6) is 0 Å². The maximum absolute atomic E-state index is 2.44. The summed E-state index contributed by atoms with van der Waals surface area (Å²) in [5, 5.41) is 4.87. The molecular weight excluding hydrogens is 771 g/mol. The molecule has 1 nitrogen and oxygen atoms in total. The van der Waals surface area contributed by atoms with Gasteiger partial charge in [-0.15, -0.1) is 0 Å². The molecule has 0 unspecified atom stereocenters. The first-order valence-corrected chi connectivity index (χ1v) is 22.2. The van der Waals surface area contributed by atoms with Gasteiger partial charge in [-0.05, 0) is 130 Å². The molecule has 64 heavy (non-hydrogen) atoms. The quantitative estimate of drug-likeness (QED) is 0.138. The van der Waals surface area contributed by atoms with E-state index in [0.29, 0.717) is 0 Å². The Balaban J connectivity index is 1.11. The first kappa shape index (κ1) is 37.5. The highest BCUT2D eigenvalue weighted by atomic mass is 15.1. The average Bonchev–Trinajstić information content (AvgIpc) is 3.71. The summed E-state index contributed by atoms with van der Waals surface area (Å²) in [5.41, 5.74) is 19.7. The summed E-state index contributed by atoms with van der Waals surface area (Å²) in [4.78, 5) is 2.42. The van der Waals surface area contributed by atoms with Crippen LogP contribution in [0.15, 0.2) is 255 Å². The van der Waals surface area contributed by atoms with Crippen molar-refractivity contribution in [3.05, 3.63) is 271 Å². The Hall–Kier alpha value is -8.26. The summed E-state index contributed by atoms with van der Waals surface area (Å²) in [6.45, 7) is 0. The smallest absolute Gasteiger partial charge is 0.0468 e. The summed E-state index contributed by atoms with van der Waals surface area (Å²) in [6, 6.07) is 93.5. The third-order valence-electron chi connectivity index (χ3n) is 13.2. The third-order valence-corrected chi connectivity index (χ3v) is 13.2. The first-order chi connectivity index (χ1) is 31.8. The number of rotatable bonds is 8. The van der Waals surface area contributed by atoms with Crippen LogP contribution in [0.1, 0.15) is 22.6 Å². The van der Waals surface area contributed by atoms with E-state index in [1.807, 2.05) is 0 Å². The van der Waals surface area contributed by atoms with E-state index in [1.54, 1.807) is 0 Å². The topological polar surface area (TPSA) is 3.24 Å². The number of hydrogen-bond acceptors (Lipinski definition) is 1. The molecule has 0 bridgehead atoms. The van der Waals surface area contributed by atoms with E-state index in [4.69, 9.17) is 0 Å². The number of fused-ring (bicyclic) bond motifs is 5. The SMILES string of the molecule is c1ccc(-c2ccccc2-c2c3ccccc3c(-c3ccccc3-c3ccccc3)c3cc(N(c4ccccc4)c4ccc(C5c6ccccc6-c6ccccc65)cc4)ccc23)cc1. The number of para-hydroxylation sites is 1. The van der Waals surface area contributed by atoms with Gasteiger partial charge in [0.25, 0.3) is 0 Å². The molecule has 0 N–H and O–H groups in total. The molecule has 0 spiro atoms. The van der Waals surface area contributed by atoms with Crippen LogP contribution in [0.2, 0.25) is 0 Å². The Bertz CT molecular complexity index is 3430. The van der Waals surface area contributed by atoms with Gasteiger partial charge in [-0.1, -0.05) is 218 Å². The standard InChI is InChI=1S/C63H43N/c1-4-20-43(21-5-1)49-26-10-14-30-53(49)62-57-34-18-19-35-58(57)63(54-31-15-11-27-50(54)44-22-6-2-7-23-44)60-42-48(40-41-59(60)62)64(46-24-8-3-9-25-46)47-38-36-45(37-39-47)61-55-32-16-12-28-51(55)52-29-13-17-33-56(52)61/h1-42,61H. The van der Waals surface area contributed by atoms with E-state index in [2.05, 4.69) is 260 Å². The predicted octanol–water partition coefficient (Wildman–Crippen LogP) is 17.3. The maximum Gasteiger partial charge on any atom is 0.0468 e.